The quantitative estimate of drug-likeness (QED) is 0.0752. The first-order chi connectivity index (χ1) is 20.6. The van der Waals surface area contributed by atoms with E-state index in [2.05, 4.69) is 26.6 Å². The average Bonchev–Trinajstić information content (AvgIpc) is 2.99. The summed E-state index contributed by atoms with van der Waals surface area (Å²) in [7, 11) is 0. The van der Waals surface area contributed by atoms with Crippen LogP contribution in [-0.2, 0) is 28.7 Å². The molecule has 0 spiro atoms. The molecule has 0 bridgehead atoms. The molecule has 10 atom stereocenters. The van der Waals surface area contributed by atoms with Crippen LogP contribution in [0, 0.1) is 5.92 Å². The summed E-state index contributed by atoms with van der Waals surface area (Å²) in [5, 5.41) is 52.2. The van der Waals surface area contributed by atoms with E-state index in [0.717, 1.165) is 0 Å². The predicted molar refractivity (Wildman–Crippen MR) is 158 cm³/mol. The van der Waals surface area contributed by atoms with Crippen LogP contribution in [0.4, 0.5) is 0 Å². The Hall–Kier alpha value is -2.89. The fourth-order valence-corrected chi connectivity index (χ4v) is 4.51. The molecule has 1 aliphatic heterocycles. The minimum Gasteiger partial charge on any atom is -0.394 e. The summed E-state index contributed by atoms with van der Waals surface area (Å²) < 4.78 is 5.36. The normalized spacial score (nSPS) is 25.1. The van der Waals surface area contributed by atoms with Gasteiger partial charge in [0.25, 0.3) is 0 Å². The van der Waals surface area contributed by atoms with Gasteiger partial charge in [-0.25, -0.2) is 0 Å². The van der Waals surface area contributed by atoms with Crippen LogP contribution in [0.3, 0.4) is 0 Å². The van der Waals surface area contributed by atoms with Crippen molar-refractivity contribution in [3.05, 3.63) is 0 Å². The highest BCUT2D eigenvalue weighted by atomic mass is 16.5. The van der Waals surface area contributed by atoms with Gasteiger partial charge < -0.3 is 57.5 Å². The van der Waals surface area contributed by atoms with Crippen molar-refractivity contribution in [3.8, 4) is 0 Å². The van der Waals surface area contributed by atoms with Crippen molar-refractivity contribution in [2.75, 3.05) is 13.2 Å². The molecule has 0 aromatic carbocycles. The van der Waals surface area contributed by atoms with Crippen LogP contribution in [0.1, 0.15) is 67.2 Å². The van der Waals surface area contributed by atoms with Crippen LogP contribution >= 0.6 is 0 Å². The van der Waals surface area contributed by atoms with Crippen LogP contribution in [0.15, 0.2) is 0 Å². The Morgan fingerprint density at radius 1 is 0.727 bits per heavy atom. The molecule has 0 saturated carbocycles. The highest BCUT2D eigenvalue weighted by Gasteiger charge is 2.43. The van der Waals surface area contributed by atoms with Crippen molar-refractivity contribution in [2.24, 2.45) is 11.7 Å². The van der Waals surface area contributed by atoms with Gasteiger partial charge in [0.1, 0.15) is 54.7 Å². The number of aliphatic hydroxyl groups excluding tert-OH is 4. The molecular formula is C28H52N6O10. The van der Waals surface area contributed by atoms with Gasteiger partial charge in [-0.3, -0.25) is 24.0 Å². The number of amides is 5. The SMILES string of the molecule is CCC[C@H](NC(=O)[C@@H](N)CC)C(=O)N[C@H](C(=O)N[C@@H](CC)C(=O)N[C@@H](C)C(=O)NC[C@@H]1O[C@H](CO)C(O)C(O)[C@H]1O)C(C)C. The zero-order chi connectivity index (χ0) is 33.7. The fraction of sp³-hybridized carbons (Fsp3) is 0.821. The molecule has 1 heterocycles. The molecule has 11 N–H and O–H groups in total. The largest absolute Gasteiger partial charge is 0.394 e. The van der Waals surface area contributed by atoms with E-state index in [1.165, 1.54) is 6.92 Å². The summed E-state index contributed by atoms with van der Waals surface area (Å²) in [5.41, 5.74) is 5.77. The van der Waals surface area contributed by atoms with Gasteiger partial charge in [0.15, 0.2) is 0 Å². The number of rotatable bonds is 17. The van der Waals surface area contributed by atoms with Gasteiger partial charge in [-0.1, -0.05) is 41.0 Å². The number of ether oxygens (including phenoxy) is 1. The number of hydrogen-bond acceptors (Lipinski definition) is 11. The lowest BCUT2D eigenvalue weighted by atomic mass is 9.95. The second kappa shape index (κ2) is 18.8. The van der Waals surface area contributed by atoms with Crippen LogP contribution < -0.4 is 32.3 Å². The van der Waals surface area contributed by atoms with Gasteiger partial charge in [0.2, 0.25) is 29.5 Å². The second-order valence-electron chi connectivity index (χ2n) is 11.4. The van der Waals surface area contributed by atoms with Crippen LogP contribution in [0.2, 0.25) is 0 Å². The van der Waals surface area contributed by atoms with Gasteiger partial charge in [-0.05, 0) is 32.1 Å². The third kappa shape index (κ3) is 11.2. The Kier molecular flexibility index (Phi) is 16.7. The molecule has 0 aromatic heterocycles. The molecule has 1 saturated heterocycles. The lowest BCUT2D eigenvalue weighted by molar-refractivity contribution is -0.227. The summed E-state index contributed by atoms with van der Waals surface area (Å²) in [6.45, 7) is 9.18. The van der Waals surface area contributed by atoms with Gasteiger partial charge in [0, 0.05) is 6.54 Å². The third-order valence-corrected chi connectivity index (χ3v) is 7.50. The van der Waals surface area contributed by atoms with E-state index in [9.17, 15) is 44.4 Å². The lowest BCUT2D eigenvalue weighted by Gasteiger charge is -2.40. The van der Waals surface area contributed by atoms with Gasteiger partial charge >= 0.3 is 0 Å². The highest BCUT2D eigenvalue weighted by molar-refractivity contribution is 5.95. The van der Waals surface area contributed by atoms with Crippen molar-refractivity contribution in [1.82, 2.24) is 26.6 Å². The molecule has 16 heteroatoms. The van der Waals surface area contributed by atoms with E-state index >= 15 is 0 Å². The van der Waals surface area contributed by atoms with Crippen molar-refractivity contribution in [1.29, 1.82) is 0 Å². The zero-order valence-corrected chi connectivity index (χ0v) is 26.4. The molecular weight excluding hydrogens is 580 g/mol. The van der Waals surface area contributed by atoms with Crippen LogP contribution in [0.25, 0.3) is 0 Å². The summed E-state index contributed by atoms with van der Waals surface area (Å²) in [5.74, 6) is -3.34. The number of carbonyl (C=O) groups is 5. The summed E-state index contributed by atoms with van der Waals surface area (Å²) in [4.78, 5) is 64.1. The van der Waals surface area contributed by atoms with E-state index < -0.39 is 96.9 Å². The molecule has 2 unspecified atom stereocenters. The Morgan fingerprint density at radius 3 is 1.82 bits per heavy atom. The van der Waals surface area contributed by atoms with E-state index in [1.54, 1.807) is 27.7 Å². The summed E-state index contributed by atoms with van der Waals surface area (Å²) >= 11 is 0. The summed E-state index contributed by atoms with van der Waals surface area (Å²) in [6, 6.07) is -4.82. The van der Waals surface area contributed by atoms with Gasteiger partial charge in [-0.2, -0.15) is 0 Å². The Balaban J connectivity index is 2.79. The zero-order valence-electron chi connectivity index (χ0n) is 26.4. The fourth-order valence-electron chi connectivity index (χ4n) is 4.51. The first-order valence-corrected chi connectivity index (χ1v) is 15.2. The molecule has 16 nitrogen and oxygen atoms in total. The Labute approximate surface area is 258 Å². The number of hydrogen-bond donors (Lipinski definition) is 10. The molecule has 0 aromatic rings. The number of carbonyl (C=O) groups excluding carboxylic acids is 5. The predicted octanol–water partition coefficient (Wildman–Crippen LogP) is -3.49. The Morgan fingerprint density at radius 2 is 1.30 bits per heavy atom. The molecule has 44 heavy (non-hydrogen) atoms. The molecule has 254 valence electrons. The number of nitrogens with one attached hydrogen (secondary N) is 5. The molecule has 1 rings (SSSR count). The number of aliphatic hydroxyl groups is 4. The van der Waals surface area contributed by atoms with Gasteiger partial charge in [0.05, 0.1) is 12.6 Å². The first-order valence-electron chi connectivity index (χ1n) is 15.2. The van der Waals surface area contributed by atoms with Crippen molar-refractivity contribution < 1.29 is 49.1 Å². The van der Waals surface area contributed by atoms with E-state index in [1.807, 2.05) is 6.92 Å². The van der Waals surface area contributed by atoms with Crippen molar-refractivity contribution in [3.63, 3.8) is 0 Å². The maximum absolute atomic E-state index is 13.2. The molecule has 1 fully saturated rings. The third-order valence-electron chi connectivity index (χ3n) is 7.50. The maximum atomic E-state index is 13.2. The lowest BCUT2D eigenvalue weighted by Crippen LogP contribution is -2.61. The van der Waals surface area contributed by atoms with Gasteiger partial charge in [-0.15, -0.1) is 0 Å². The Bertz CT molecular complexity index is 967. The van der Waals surface area contributed by atoms with E-state index in [4.69, 9.17) is 10.5 Å². The van der Waals surface area contributed by atoms with Crippen LogP contribution in [-0.4, -0.2) is 124 Å². The standard InChI is InChI=1S/C28H52N6O10/c1-7-10-17(33-25(40)15(29)8-2)27(42)34-20(13(4)5)28(43)32-16(9-3)26(41)31-14(6)24(39)30-11-18-21(36)23(38)22(37)19(12-35)44-18/h13-23,35-38H,7-12,29H2,1-6H3,(H,30,39)(H,31,41)(H,32,43)(H,33,40)(H,34,42)/t14-,15-,16-,17-,18-,19+,20-,21-,22?,23?/m0/s1. The monoisotopic (exact) mass is 632 g/mol. The van der Waals surface area contributed by atoms with E-state index in [0.29, 0.717) is 19.3 Å². The highest BCUT2D eigenvalue weighted by Crippen LogP contribution is 2.20. The first kappa shape index (κ1) is 39.1. The van der Waals surface area contributed by atoms with Crippen molar-refractivity contribution in [2.45, 2.75) is 128 Å². The average molecular weight is 633 g/mol. The molecule has 0 radical (unpaired) electrons. The second-order valence-corrected chi connectivity index (χ2v) is 11.4. The van der Waals surface area contributed by atoms with Crippen LogP contribution in [0.5, 0.6) is 0 Å². The number of nitrogens with two attached hydrogens (primary N) is 1. The minimum atomic E-state index is -1.59. The van der Waals surface area contributed by atoms with E-state index in [-0.39, 0.29) is 18.9 Å². The minimum absolute atomic E-state index is 0.166. The molecule has 5 amide bonds. The molecule has 1 aliphatic rings. The topological polar surface area (TPSA) is 262 Å². The summed E-state index contributed by atoms with van der Waals surface area (Å²) in [6.07, 6.45) is -5.44. The molecule has 0 aliphatic carbocycles. The van der Waals surface area contributed by atoms with Crippen molar-refractivity contribution >= 4 is 29.5 Å². The smallest absolute Gasteiger partial charge is 0.243 e. The maximum Gasteiger partial charge on any atom is 0.243 e.